The summed E-state index contributed by atoms with van der Waals surface area (Å²) < 4.78 is 53.3. The maximum atomic E-state index is 13.0. The van der Waals surface area contributed by atoms with Crippen molar-refractivity contribution in [3.05, 3.63) is 54.1 Å². The van der Waals surface area contributed by atoms with E-state index in [4.69, 9.17) is 0 Å². The number of rotatable bonds is 7. The van der Waals surface area contributed by atoms with E-state index in [-0.39, 0.29) is 22.3 Å². The van der Waals surface area contributed by atoms with Gasteiger partial charge >= 0.3 is 0 Å². The van der Waals surface area contributed by atoms with E-state index in [1.165, 1.54) is 23.4 Å². The number of hydrogen-bond donors (Lipinski definition) is 2. The van der Waals surface area contributed by atoms with Gasteiger partial charge in [0.05, 0.1) is 10.6 Å². The average Bonchev–Trinajstić information content (AvgIpc) is 2.75. The average molecular weight is 466 g/mol. The summed E-state index contributed by atoms with van der Waals surface area (Å²) in [4.78, 5) is 12.8. The van der Waals surface area contributed by atoms with Gasteiger partial charge in [-0.15, -0.1) is 0 Å². The van der Waals surface area contributed by atoms with E-state index >= 15 is 0 Å². The number of nitrogens with one attached hydrogen (secondary N) is 2. The molecule has 2 aromatic rings. The first-order valence-electron chi connectivity index (χ1n) is 10.2. The second-order valence-corrected chi connectivity index (χ2v) is 11.4. The van der Waals surface area contributed by atoms with Gasteiger partial charge in [0, 0.05) is 29.5 Å². The standard InChI is InChI=1S/C21H27N3O5S2/c1-3-30(26,27)23-19-12-10-18(11-13-19)22-21(25)17-8-6-9-20(15-17)31(28,29)24-14-5-4-7-16(24)2/h6,8-13,15-16,23H,3-5,7,14H2,1-2H3,(H,22,25). The summed E-state index contributed by atoms with van der Waals surface area (Å²) in [5, 5.41) is 2.70. The maximum Gasteiger partial charge on any atom is 0.255 e. The van der Waals surface area contributed by atoms with Gasteiger partial charge in [0.2, 0.25) is 20.0 Å². The first kappa shape index (κ1) is 23.2. The predicted molar refractivity (Wildman–Crippen MR) is 121 cm³/mol. The smallest absolute Gasteiger partial charge is 0.255 e. The van der Waals surface area contributed by atoms with E-state index in [1.54, 1.807) is 36.4 Å². The molecule has 1 aliphatic rings. The zero-order valence-electron chi connectivity index (χ0n) is 17.5. The third kappa shape index (κ3) is 5.63. The molecule has 2 aromatic carbocycles. The summed E-state index contributed by atoms with van der Waals surface area (Å²) in [6.07, 6.45) is 2.66. The molecule has 31 heavy (non-hydrogen) atoms. The van der Waals surface area contributed by atoms with E-state index in [2.05, 4.69) is 10.0 Å². The molecule has 0 aliphatic carbocycles. The number of anilines is 2. The Hall–Kier alpha value is -2.43. The van der Waals surface area contributed by atoms with Crippen molar-refractivity contribution in [1.29, 1.82) is 0 Å². The maximum absolute atomic E-state index is 13.0. The van der Waals surface area contributed by atoms with E-state index in [0.717, 1.165) is 19.3 Å². The number of sulfonamides is 2. The summed E-state index contributed by atoms with van der Waals surface area (Å²) >= 11 is 0. The molecule has 0 saturated carbocycles. The second kappa shape index (κ2) is 9.37. The highest BCUT2D eigenvalue weighted by atomic mass is 32.2. The summed E-state index contributed by atoms with van der Waals surface area (Å²) in [7, 11) is -7.06. The fraction of sp³-hybridized carbons (Fsp3) is 0.381. The Morgan fingerprint density at radius 3 is 2.35 bits per heavy atom. The highest BCUT2D eigenvalue weighted by Crippen LogP contribution is 2.26. The number of benzene rings is 2. The lowest BCUT2D eigenvalue weighted by Gasteiger charge is -2.32. The van der Waals surface area contributed by atoms with Crippen LogP contribution in [0.25, 0.3) is 0 Å². The zero-order valence-corrected chi connectivity index (χ0v) is 19.2. The normalized spacial score (nSPS) is 17.8. The number of nitrogens with zero attached hydrogens (tertiary/aromatic N) is 1. The Kier molecular flexibility index (Phi) is 7.03. The molecule has 168 valence electrons. The summed E-state index contributed by atoms with van der Waals surface area (Å²) in [5.74, 6) is -0.494. The highest BCUT2D eigenvalue weighted by molar-refractivity contribution is 7.92. The van der Waals surface area contributed by atoms with Crippen molar-refractivity contribution in [2.75, 3.05) is 22.3 Å². The van der Waals surface area contributed by atoms with Gasteiger partial charge < -0.3 is 5.32 Å². The Bertz CT molecular complexity index is 1150. The minimum atomic E-state index is -3.68. The van der Waals surface area contributed by atoms with Gasteiger partial charge in [-0.25, -0.2) is 16.8 Å². The lowest BCUT2D eigenvalue weighted by atomic mass is 10.1. The summed E-state index contributed by atoms with van der Waals surface area (Å²) in [6.45, 7) is 3.92. The van der Waals surface area contributed by atoms with Crippen LogP contribution in [0.4, 0.5) is 11.4 Å². The molecule has 0 spiro atoms. The number of piperidine rings is 1. The van der Waals surface area contributed by atoms with Crippen molar-refractivity contribution in [3.63, 3.8) is 0 Å². The Labute approximate surface area is 183 Å². The van der Waals surface area contributed by atoms with Gasteiger partial charge in [0.1, 0.15) is 0 Å². The quantitative estimate of drug-likeness (QED) is 0.652. The number of carbonyl (C=O) groups is 1. The van der Waals surface area contributed by atoms with Crippen LogP contribution in [0.3, 0.4) is 0 Å². The van der Waals surface area contributed by atoms with Crippen molar-refractivity contribution < 1.29 is 21.6 Å². The van der Waals surface area contributed by atoms with Crippen LogP contribution < -0.4 is 10.0 Å². The van der Waals surface area contributed by atoms with E-state index in [9.17, 15) is 21.6 Å². The molecule has 10 heteroatoms. The Morgan fingerprint density at radius 2 is 1.71 bits per heavy atom. The number of amides is 1. The molecule has 3 rings (SSSR count). The van der Waals surface area contributed by atoms with E-state index in [1.807, 2.05) is 6.92 Å². The molecule has 1 aliphatic heterocycles. The largest absolute Gasteiger partial charge is 0.322 e. The summed E-state index contributed by atoms with van der Waals surface area (Å²) in [6, 6.07) is 12.2. The molecule has 1 atom stereocenters. The molecular formula is C21H27N3O5S2. The molecule has 2 N–H and O–H groups in total. The fourth-order valence-electron chi connectivity index (χ4n) is 3.44. The van der Waals surface area contributed by atoms with Crippen molar-refractivity contribution in [2.45, 2.75) is 44.0 Å². The lowest BCUT2D eigenvalue weighted by Crippen LogP contribution is -2.41. The van der Waals surface area contributed by atoms with Crippen LogP contribution in [0.15, 0.2) is 53.4 Å². The Balaban J connectivity index is 1.74. The lowest BCUT2D eigenvalue weighted by molar-refractivity contribution is 0.102. The van der Waals surface area contributed by atoms with Crippen LogP contribution in [0.2, 0.25) is 0 Å². The number of carbonyl (C=O) groups excluding carboxylic acids is 1. The van der Waals surface area contributed by atoms with Gasteiger partial charge in [0.25, 0.3) is 5.91 Å². The van der Waals surface area contributed by atoms with Crippen molar-refractivity contribution >= 4 is 37.3 Å². The topological polar surface area (TPSA) is 113 Å². The van der Waals surface area contributed by atoms with E-state index < -0.39 is 26.0 Å². The van der Waals surface area contributed by atoms with Crippen LogP contribution in [-0.2, 0) is 20.0 Å². The molecule has 8 nitrogen and oxygen atoms in total. The molecule has 1 fully saturated rings. The van der Waals surface area contributed by atoms with Crippen LogP contribution in [0.5, 0.6) is 0 Å². The Morgan fingerprint density at radius 1 is 1.03 bits per heavy atom. The first-order valence-corrected chi connectivity index (χ1v) is 13.3. The van der Waals surface area contributed by atoms with Crippen molar-refractivity contribution in [3.8, 4) is 0 Å². The van der Waals surface area contributed by atoms with Gasteiger partial charge in [-0.1, -0.05) is 12.5 Å². The zero-order chi connectivity index (χ0) is 22.6. The predicted octanol–water partition coefficient (Wildman–Crippen LogP) is 3.26. The van der Waals surface area contributed by atoms with Crippen molar-refractivity contribution in [2.24, 2.45) is 0 Å². The third-order valence-corrected chi connectivity index (χ3v) is 8.56. The molecule has 0 aromatic heterocycles. The molecule has 1 heterocycles. The summed E-state index contributed by atoms with van der Waals surface area (Å²) in [5.41, 5.74) is 1.08. The molecular weight excluding hydrogens is 438 g/mol. The highest BCUT2D eigenvalue weighted by Gasteiger charge is 2.31. The third-order valence-electron chi connectivity index (χ3n) is 5.24. The number of hydrogen-bond acceptors (Lipinski definition) is 5. The molecule has 0 radical (unpaired) electrons. The van der Waals surface area contributed by atoms with Crippen LogP contribution in [0.1, 0.15) is 43.5 Å². The van der Waals surface area contributed by atoms with Crippen LogP contribution >= 0.6 is 0 Å². The van der Waals surface area contributed by atoms with Gasteiger partial charge in [-0.05, 0) is 69.2 Å². The monoisotopic (exact) mass is 465 g/mol. The fourth-order valence-corrected chi connectivity index (χ4v) is 5.82. The van der Waals surface area contributed by atoms with Crippen molar-refractivity contribution in [1.82, 2.24) is 4.31 Å². The first-order chi connectivity index (χ1) is 14.6. The van der Waals surface area contributed by atoms with Gasteiger partial charge in [0.15, 0.2) is 0 Å². The minimum absolute atomic E-state index is 0.0407. The minimum Gasteiger partial charge on any atom is -0.322 e. The SMILES string of the molecule is CCS(=O)(=O)Nc1ccc(NC(=O)c2cccc(S(=O)(=O)N3CCCCC3C)c2)cc1. The van der Waals surface area contributed by atoms with E-state index in [0.29, 0.717) is 17.9 Å². The van der Waals surface area contributed by atoms with Gasteiger partial charge in [-0.3, -0.25) is 9.52 Å². The molecule has 1 amide bonds. The second-order valence-electron chi connectivity index (χ2n) is 7.53. The molecule has 1 saturated heterocycles. The molecule has 0 bridgehead atoms. The molecule has 1 unspecified atom stereocenters. The van der Waals surface area contributed by atoms with Crippen LogP contribution in [-0.4, -0.2) is 45.4 Å². The van der Waals surface area contributed by atoms with Crippen LogP contribution in [0, 0.1) is 0 Å². The van der Waals surface area contributed by atoms with Gasteiger partial charge in [-0.2, -0.15) is 4.31 Å².